The zero-order valence-corrected chi connectivity index (χ0v) is 14.8. The number of methoxy groups -OCH3 is 2. The van der Waals surface area contributed by atoms with Crippen LogP contribution in [0, 0.1) is 13.8 Å². The van der Waals surface area contributed by atoms with Crippen molar-refractivity contribution >= 4 is 22.9 Å². The Kier molecular flexibility index (Phi) is 5.67. The molecule has 0 saturated heterocycles. The molecule has 2 aromatic rings. The van der Waals surface area contributed by atoms with E-state index in [0.717, 1.165) is 22.7 Å². The van der Waals surface area contributed by atoms with E-state index in [0.29, 0.717) is 23.1 Å². The Balaban J connectivity index is 2.30. The van der Waals surface area contributed by atoms with E-state index < -0.39 is 0 Å². The van der Waals surface area contributed by atoms with Gasteiger partial charge in [-0.15, -0.1) is 11.3 Å². The average Bonchev–Trinajstić information content (AvgIpc) is 2.83. The maximum atomic E-state index is 6.27. The van der Waals surface area contributed by atoms with Gasteiger partial charge in [0.15, 0.2) is 11.5 Å². The van der Waals surface area contributed by atoms with Gasteiger partial charge in [-0.25, -0.2) is 4.98 Å². The predicted octanol–water partition coefficient (Wildman–Crippen LogP) is 3.72. The van der Waals surface area contributed by atoms with Crippen LogP contribution in [-0.4, -0.2) is 25.7 Å². The summed E-state index contributed by atoms with van der Waals surface area (Å²) in [6, 6.07) is 3.85. The Morgan fingerprint density at radius 2 is 2.00 bits per heavy atom. The van der Waals surface area contributed by atoms with E-state index in [1.165, 1.54) is 4.88 Å². The summed E-state index contributed by atoms with van der Waals surface area (Å²) >= 11 is 7.97. The van der Waals surface area contributed by atoms with Gasteiger partial charge in [0.1, 0.15) is 0 Å². The summed E-state index contributed by atoms with van der Waals surface area (Å²) in [5, 5.41) is 1.61. The Bertz CT molecular complexity index is 638. The lowest BCUT2D eigenvalue weighted by Crippen LogP contribution is -2.15. The SMILES string of the molecule is COc1cc(CC(CN)c2nc(C)c(C)s2)cc(Cl)c1OC. The minimum Gasteiger partial charge on any atom is -0.493 e. The molecular formula is C16H21ClN2O2S. The molecule has 1 heterocycles. The van der Waals surface area contributed by atoms with Gasteiger partial charge in [0.2, 0.25) is 0 Å². The highest BCUT2D eigenvalue weighted by Gasteiger charge is 2.18. The fraction of sp³-hybridized carbons (Fsp3) is 0.438. The molecule has 0 spiro atoms. The van der Waals surface area contributed by atoms with Crippen LogP contribution in [0.5, 0.6) is 11.5 Å². The summed E-state index contributed by atoms with van der Waals surface area (Å²) < 4.78 is 10.6. The van der Waals surface area contributed by atoms with E-state index in [1.54, 1.807) is 25.6 Å². The molecule has 0 bridgehead atoms. The van der Waals surface area contributed by atoms with Crippen molar-refractivity contribution in [3.63, 3.8) is 0 Å². The first kappa shape index (κ1) is 17.1. The summed E-state index contributed by atoms with van der Waals surface area (Å²) in [6.45, 7) is 4.64. The number of aryl methyl sites for hydroxylation is 2. The zero-order chi connectivity index (χ0) is 16.3. The molecule has 6 heteroatoms. The normalized spacial score (nSPS) is 12.3. The van der Waals surface area contributed by atoms with Crippen LogP contribution in [0.2, 0.25) is 5.02 Å². The van der Waals surface area contributed by atoms with E-state index in [4.69, 9.17) is 26.8 Å². The molecule has 4 nitrogen and oxygen atoms in total. The quantitative estimate of drug-likeness (QED) is 0.870. The second-order valence-corrected chi connectivity index (χ2v) is 6.79. The van der Waals surface area contributed by atoms with Crippen molar-refractivity contribution < 1.29 is 9.47 Å². The van der Waals surface area contributed by atoms with E-state index in [-0.39, 0.29) is 5.92 Å². The number of hydrogen-bond acceptors (Lipinski definition) is 5. The summed E-state index contributed by atoms with van der Waals surface area (Å²) in [5.41, 5.74) is 8.09. The minimum absolute atomic E-state index is 0.173. The molecule has 0 radical (unpaired) electrons. The fourth-order valence-electron chi connectivity index (χ4n) is 2.32. The molecule has 0 aliphatic carbocycles. The maximum absolute atomic E-state index is 6.27. The van der Waals surface area contributed by atoms with Crippen molar-refractivity contribution in [1.82, 2.24) is 4.98 Å². The minimum atomic E-state index is 0.173. The lowest BCUT2D eigenvalue weighted by molar-refractivity contribution is 0.354. The standard InChI is InChI=1S/C16H21ClN2O2S/c1-9-10(2)22-16(19-9)12(8-18)5-11-6-13(17)15(21-4)14(7-11)20-3/h6-7,12H,5,8,18H2,1-4H3. The number of hydrogen-bond donors (Lipinski definition) is 1. The molecule has 0 aliphatic rings. The van der Waals surface area contributed by atoms with Crippen molar-refractivity contribution in [1.29, 1.82) is 0 Å². The third kappa shape index (κ3) is 3.54. The average molecular weight is 341 g/mol. The first-order chi connectivity index (χ1) is 10.5. The summed E-state index contributed by atoms with van der Waals surface area (Å²) in [6.07, 6.45) is 0.767. The van der Waals surface area contributed by atoms with Gasteiger partial charge in [-0.2, -0.15) is 0 Å². The highest BCUT2D eigenvalue weighted by atomic mass is 35.5. The van der Waals surface area contributed by atoms with Gasteiger partial charge in [-0.3, -0.25) is 0 Å². The first-order valence-electron chi connectivity index (χ1n) is 7.04. The Labute approximate surface area is 140 Å². The van der Waals surface area contributed by atoms with Gasteiger partial charge in [-0.05, 0) is 38.0 Å². The molecule has 1 aromatic heterocycles. The molecule has 1 atom stereocenters. The van der Waals surface area contributed by atoms with E-state index in [9.17, 15) is 0 Å². The zero-order valence-electron chi connectivity index (χ0n) is 13.3. The molecule has 120 valence electrons. The predicted molar refractivity (Wildman–Crippen MR) is 91.6 cm³/mol. The van der Waals surface area contributed by atoms with Crippen LogP contribution < -0.4 is 15.2 Å². The highest BCUT2D eigenvalue weighted by molar-refractivity contribution is 7.11. The van der Waals surface area contributed by atoms with Crippen LogP contribution in [-0.2, 0) is 6.42 Å². The maximum Gasteiger partial charge on any atom is 0.179 e. The van der Waals surface area contributed by atoms with Crippen molar-refractivity contribution in [2.75, 3.05) is 20.8 Å². The van der Waals surface area contributed by atoms with Crippen LogP contribution in [0.3, 0.4) is 0 Å². The second kappa shape index (κ2) is 7.31. The number of thiazole rings is 1. The molecule has 2 N–H and O–H groups in total. The molecule has 0 fully saturated rings. The molecule has 1 unspecified atom stereocenters. The molecule has 2 rings (SSSR count). The third-order valence-corrected chi connectivity index (χ3v) is 5.17. The van der Waals surface area contributed by atoms with Crippen LogP contribution >= 0.6 is 22.9 Å². The van der Waals surface area contributed by atoms with Crippen molar-refractivity contribution in [2.45, 2.75) is 26.2 Å². The number of nitrogens with two attached hydrogens (primary N) is 1. The van der Waals surface area contributed by atoms with Crippen molar-refractivity contribution in [3.8, 4) is 11.5 Å². The molecule has 0 amide bonds. The number of nitrogens with zero attached hydrogens (tertiary/aromatic N) is 1. The second-order valence-electron chi connectivity index (χ2n) is 5.14. The van der Waals surface area contributed by atoms with Crippen molar-refractivity contribution in [3.05, 3.63) is 38.3 Å². The first-order valence-corrected chi connectivity index (χ1v) is 8.24. The smallest absolute Gasteiger partial charge is 0.179 e. The van der Waals surface area contributed by atoms with Gasteiger partial charge in [0.25, 0.3) is 0 Å². The summed E-state index contributed by atoms with van der Waals surface area (Å²) in [5.74, 6) is 1.36. The van der Waals surface area contributed by atoms with Crippen LogP contribution in [0.4, 0.5) is 0 Å². The Morgan fingerprint density at radius 1 is 1.27 bits per heavy atom. The number of benzene rings is 1. The van der Waals surface area contributed by atoms with Crippen LogP contribution in [0.1, 0.15) is 27.1 Å². The van der Waals surface area contributed by atoms with Gasteiger partial charge < -0.3 is 15.2 Å². The summed E-state index contributed by atoms with van der Waals surface area (Å²) in [7, 11) is 3.18. The fourth-order valence-corrected chi connectivity index (χ4v) is 3.66. The van der Waals surface area contributed by atoms with E-state index in [1.807, 2.05) is 19.1 Å². The van der Waals surface area contributed by atoms with Gasteiger partial charge in [0.05, 0.1) is 29.9 Å². The summed E-state index contributed by atoms with van der Waals surface area (Å²) in [4.78, 5) is 5.86. The lowest BCUT2D eigenvalue weighted by Gasteiger charge is -2.15. The van der Waals surface area contributed by atoms with Gasteiger partial charge >= 0.3 is 0 Å². The van der Waals surface area contributed by atoms with E-state index >= 15 is 0 Å². The van der Waals surface area contributed by atoms with E-state index in [2.05, 4.69) is 11.9 Å². The van der Waals surface area contributed by atoms with Crippen LogP contribution in [0.25, 0.3) is 0 Å². The van der Waals surface area contributed by atoms with Crippen molar-refractivity contribution in [2.24, 2.45) is 5.73 Å². The monoisotopic (exact) mass is 340 g/mol. The topological polar surface area (TPSA) is 57.4 Å². The number of rotatable bonds is 6. The molecular weight excluding hydrogens is 320 g/mol. The molecule has 1 aromatic carbocycles. The number of aromatic nitrogens is 1. The lowest BCUT2D eigenvalue weighted by atomic mass is 9.99. The highest BCUT2D eigenvalue weighted by Crippen LogP contribution is 2.37. The van der Waals surface area contributed by atoms with Crippen LogP contribution in [0.15, 0.2) is 12.1 Å². The number of halogens is 1. The largest absolute Gasteiger partial charge is 0.493 e. The number of ether oxygens (including phenoxy) is 2. The third-order valence-electron chi connectivity index (χ3n) is 3.65. The molecule has 22 heavy (non-hydrogen) atoms. The Morgan fingerprint density at radius 3 is 2.50 bits per heavy atom. The Hall–Kier alpha value is -1.30. The van der Waals surface area contributed by atoms with Gasteiger partial charge in [0, 0.05) is 17.3 Å². The van der Waals surface area contributed by atoms with Gasteiger partial charge in [-0.1, -0.05) is 11.6 Å². The molecule has 0 saturated carbocycles. The molecule has 0 aliphatic heterocycles.